The first kappa shape index (κ1) is 17.6. The number of ether oxygens (including phenoxy) is 1. The molecule has 1 aliphatic heterocycles. The Hall–Kier alpha value is -2.18. The summed E-state index contributed by atoms with van der Waals surface area (Å²) >= 11 is 0. The Bertz CT molecular complexity index is 686. The number of hydrogen-bond acceptors (Lipinski definition) is 4. The molecule has 1 amide bonds. The Morgan fingerprint density at radius 1 is 1.20 bits per heavy atom. The number of amides is 1. The fourth-order valence-corrected chi connectivity index (χ4v) is 3.27. The molecule has 2 heterocycles. The minimum absolute atomic E-state index is 0.0486. The Labute approximate surface area is 149 Å². The summed E-state index contributed by atoms with van der Waals surface area (Å²) in [6.07, 6.45) is 4.22. The molecule has 3 rings (SSSR count). The lowest BCUT2D eigenvalue weighted by Crippen LogP contribution is -2.38. The normalized spacial score (nSPS) is 17.3. The van der Waals surface area contributed by atoms with Gasteiger partial charge in [0, 0.05) is 52.7 Å². The molecular weight excluding hydrogens is 316 g/mol. The van der Waals surface area contributed by atoms with Crippen LogP contribution in [0.25, 0.3) is 0 Å². The Kier molecular flexibility index (Phi) is 5.83. The lowest BCUT2D eigenvalue weighted by molar-refractivity contribution is -0.142. The van der Waals surface area contributed by atoms with Gasteiger partial charge in [0.25, 0.3) is 5.91 Å². The summed E-state index contributed by atoms with van der Waals surface area (Å²) in [4.78, 5) is 21.6. The van der Waals surface area contributed by atoms with Crippen LogP contribution in [0.3, 0.4) is 0 Å². The summed E-state index contributed by atoms with van der Waals surface area (Å²) in [7, 11) is 3.61. The second-order valence-corrected chi connectivity index (χ2v) is 6.44. The van der Waals surface area contributed by atoms with Crippen LogP contribution in [0.1, 0.15) is 23.9 Å². The van der Waals surface area contributed by atoms with Crippen molar-refractivity contribution in [3.8, 4) is 0 Å². The maximum atomic E-state index is 12.9. The fraction of sp³-hybridized carbons (Fsp3) is 0.474. The zero-order chi connectivity index (χ0) is 17.6. The van der Waals surface area contributed by atoms with E-state index in [1.807, 2.05) is 59.2 Å². The van der Waals surface area contributed by atoms with E-state index in [-0.39, 0.29) is 5.91 Å². The number of carbonyl (C=O) groups excluding carboxylic acids is 1. The molecule has 25 heavy (non-hydrogen) atoms. The molecule has 0 unspecified atom stereocenters. The highest BCUT2D eigenvalue weighted by Crippen LogP contribution is 2.20. The number of rotatable bonds is 5. The van der Waals surface area contributed by atoms with E-state index in [0.29, 0.717) is 0 Å². The minimum Gasteiger partial charge on any atom is -0.367 e. The Balaban J connectivity index is 1.62. The largest absolute Gasteiger partial charge is 0.367 e. The van der Waals surface area contributed by atoms with Crippen LogP contribution in [0.4, 0.5) is 0 Å². The molecule has 1 aliphatic rings. The van der Waals surface area contributed by atoms with Crippen LogP contribution in [0, 0.1) is 0 Å². The Morgan fingerprint density at radius 3 is 2.68 bits per heavy atom. The fourth-order valence-electron chi connectivity index (χ4n) is 3.27. The van der Waals surface area contributed by atoms with Gasteiger partial charge in [0.2, 0.25) is 0 Å². The van der Waals surface area contributed by atoms with Crippen LogP contribution in [0.15, 0.2) is 42.7 Å². The lowest BCUT2D eigenvalue weighted by atomic mass is 10.1. The maximum Gasteiger partial charge on any atom is 0.256 e. The molecule has 1 atom stereocenters. The van der Waals surface area contributed by atoms with Crippen molar-refractivity contribution in [2.75, 3.05) is 33.3 Å². The van der Waals surface area contributed by atoms with E-state index in [0.717, 1.165) is 50.5 Å². The van der Waals surface area contributed by atoms with E-state index in [1.165, 1.54) is 0 Å². The average molecular weight is 342 g/mol. The van der Waals surface area contributed by atoms with Crippen LogP contribution in [0.5, 0.6) is 0 Å². The predicted octanol–water partition coefficient (Wildman–Crippen LogP) is 1.84. The first-order chi connectivity index (χ1) is 12.2. The van der Waals surface area contributed by atoms with Crippen molar-refractivity contribution in [1.82, 2.24) is 19.4 Å². The van der Waals surface area contributed by atoms with E-state index in [4.69, 9.17) is 4.74 Å². The van der Waals surface area contributed by atoms with Crippen molar-refractivity contribution in [3.05, 3.63) is 54.1 Å². The highest BCUT2D eigenvalue weighted by molar-refractivity contribution is 5.82. The molecule has 0 radical (unpaired) electrons. The van der Waals surface area contributed by atoms with E-state index in [9.17, 15) is 4.79 Å². The number of nitrogens with zero attached hydrogens (tertiary/aromatic N) is 4. The standard InChI is InChI=1S/C19H26N4O2/c1-21-12-9-20-17(21)15-22-10-6-11-23(14-13-22)19(24)18(25-2)16-7-4-3-5-8-16/h3-5,7-9,12,18H,6,10-11,13-15H2,1-2H3/t18-/m0/s1. The van der Waals surface area contributed by atoms with Crippen LogP contribution in [0.2, 0.25) is 0 Å². The number of carbonyl (C=O) groups is 1. The molecule has 1 saturated heterocycles. The summed E-state index contributed by atoms with van der Waals surface area (Å²) in [5, 5.41) is 0. The van der Waals surface area contributed by atoms with Crippen molar-refractivity contribution in [2.45, 2.75) is 19.1 Å². The van der Waals surface area contributed by atoms with Gasteiger partial charge in [0.1, 0.15) is 5.82 Å². The van der Waals surface area contributed by atoms with Crippen LogP contribution in [-0.4, -0.2) is 58.5 Å². The van der Waals surface area contributed by atoms with Gasteiger partial charge in [-0.3, -0.25) is 9.69 Å². The summed E-state index contributed by atoms with van der Waals surface area (Å²) in [5.41, 5.74) is 0.907. The SMILES string of the molecule is CO[C@H](C(=O)N1CCCN(Cc2nccn2C)CC1)c1ccccc1. The van der Waals surface area contributed by atoms with Gasteiger partial charge in [0.15, 0.2) is 6.10 Å². The number of imidazole rings is 1. The quantitative estimate of drug-likeness (QED) is 0.832. The molecule has 6 heteroatoms. The highest BCUT2D eigenvalue weighted by atomic mass is 16.5. The number of benzene rings is 1. The van der Waals surface area contributed by atoms with Crippen LogP contribution in [-0.2, 0) is 23.1 Å². The minimum atomic E-state index is -0.526. The van der Waals surface area contributed by atoms with Gasteiger partial charge in [-0.1, -0.05) is 30.3 Å². The molecule has 1 aromatic heterocycles. The third-order valence-corrected chi connectivity index (χ3v) is 4.75. The summed E-state index contributed by atoms with van der Waals surface area (Å²) in [6.45, 7) is 4.12. The maximum absolute atomic E-state index is 12.9. The molecule has 0 aliphatic carbocycles. The van der Waals surface area contributed by atoms with Crippen molar-refractivity contribution in [1.29, 1.82) is 0 Å². The number of hydrogen-bond donors (Lipinski definition) is 0. The molecule has 0 N–H and O–H groups in total. The molecule has 0 spiro atoms. The van der Waals surface area contributed by atoms with Gasteiger partial charge in [-0.05, 0) is 12.0 Å². The molecule has 1 aromatic carbocycles. The molecule has 6 nitrogen and oxygen atoms in total. The number of aryl methyl sites for hydroxylation is 1. The van der Waals surface area contributed by atoms with E-state index >= 15 is 0 Å². The lowest BCUT2D eigenvalue weighted by Gasteiger charge is -2.26. The molecule has 2 aromatic rings. The van der Waals surface area contributed by atoms with Crippen molar-refractivity contribution in [2.24, 2.45) is 7.05 Å². The molecule has 1 fully saturated rings. The van der Waals surface area contributed by atoms with Gasteiger partial charge in [-0.25, -0.2) is 4.98 Å². The van der Waals surface area contributed by atoms with E-state index in [1.54, 1.807) is 7.11 Å². The zero-order valence-corrected chi connectivity index (χ0v) is 15.0. The van der Waals surface area contributed by atoms with Gasteiger partial charge in [0.05, 0.1) is 6.54 Å². The summed E-state index contributed by atoms with van der Waals surface area (Å²) < 4.78 is 7.55. The number of aromatic nitrogens is 2. The molecule has 134 valence electrons. The third-order valence-electron chi connectivity index (χ3n) is 4.75. The van der Waals surface area contributed by atoms with Crippen LogP contribution < -0.4 is 0 Å². The van der Waals surface area contributed by atoms with Gasteiger partial charge in [-0.2, -0.15) is 0 Å². The number of methoxy groups -OCH3 is 1. The van der Waals surface area contributed by atoms with Gasteiger partial charge in [-0.15, -0.1) is 0 Å². The van der Waals surface area contributed by atoms with E-state index in [2.05, 4.69) is 9.88 Å². The topological polar surface area (TPSA) is 50.6 Å². The van der Waals surface area contributed by atoms with Crippen molar-refractivity contribution < 1.29 is 9.53 Å². The van der Waals surface area contributed by atoms with Crippen LogP contribution >= 0.6 is 0 Å². The zero-order valence-electron chi connectivity index (χ0n) is 15.0. The van der Waals surface area contributed by atoms with Gasteiger partial charge >= 0.3 is 0 Å². The predicted molar refractivity (Wildman–Crippen MR) is 95.9 cm³/mol. The van der Waals surface area contributed by atoms with Crippen molar-refractivity contribution in [3.63, 3.8) is 0 Å². The van der Waals surface area contributed by atoms with E-state index < -0.39 is 6.10 Å². The first-order valence-corrected chi connectivity index (χ1v) is 8.74. The molecule has 0 saturated carbocycles. The Morgan fingerprint density at radius 2 is 2.00 bits per heavy atom. The summed E-state index contributed by atoms with van der Waals surface area (Å²) in [5.74, 6) is 1.10. The molecule has 0 bridgehead atoms. The second-order valence-electron chi connectivity index (χ2n) is 6.44. The molecular formula is C19H26N4O2. The average Bonchev–Trinajstić information content (AvgIpc) is 2.89. The van der Waals surface area contributed by atoms with Crippen molar-refractivity contribution >= 4 is 5.91 Å². The first-order valence-electron chi connectivity index (χ1n) is 8.74. The third kappa shape index (κ3) is 4.27. The monoisotopic (exact) mass is 342 g/mol. The highest BCUT2D eigenvalue weighted by Gasteiger charge is 2.27. The smallest absolute Gasteiger partial charge is 0.256 e. The second kappa shape index (κ2) is 8.27. The van der Waals surface area contributed by atoms with Gasteiger partial charge < -0.3 is 14.2 Å². The summed E-state index contributed by atoms with van der Waals surface area (Å²) in [6, 6.07) is 9.70.